The Bertz CT molecular complexity index is 778. The number of nitrogens with zero attached hydrogens (tertiary/aromatic N) is 1. The quantitative estimate of drug-likeness (QED) is 0.468. The normalized spacial score (nSPS) is 19.1. The Morgan fingerprint density at radius 3 is 2.53 bits per heavy atom. The van der Waals surface area contributed by atoms with Crippen molar-refractivity contribution in [3.63, 3.8) is 0 Å². The molecule has 4 N–H and O–H groups in total. The second-order valence-electron chi connectivity index (χ2n) is 7.90. The molecule has 1 amide bonds. The molecule has 10 heteroatoms. The number of sulfonamides is 1. The van der Waals surface area contributed by atoms with Gasteiger partial charge in [0.15, 0.2) is 0 Å². The predicted molar refractivity (Wildman–Crippen MR) is 113 cm³/mol. The Hall–Kier alpha value is -1.88. The fourth-order valence-electron chi connectivity index (χ4n) is 3.22. The van der Waals surface area contributed by atoms with E-state index in [-0.39, 0.29) is 30.0 Å². The average molecular weight is 444 g/mol. The molecule has 1 aliphatic rings. The maximum absolute atomic E-state index is 13.1. The molecule has 170 valence electrons. The van der Waals surface area contributed by atoms with Crippen molar-refractivity contribution in [2.24, 2.45) is 5.92 Å². The molecule has 0 bridgehead atoms. The summed E-state index contributed by atoms with van der Waals surface area (Å²) in [6.07, 6.45) is -1.01. The monoisotopic (exact) mass is 443 g/mol. The van der Waals surface area contributed by atoms with Gasteiger partial charge in [0.1, 0.15) is 6.10 Å². The van der Waals surface area contributed by atoms with Crippen molar-refractivity contribution in [2.75, 3.05) is 32.0 Å². The molecule has 1 aliphatic heterocycles. The van der Waals surface area contributed by atoms with Gasteiger partial charge in [-0.1, -0.05) is 20.8 Å². The topological polar surface area (TPSA) is 131 Å². The molecule has 2 rings (SSSR count). The van der Waals surface area contributed by atoms with E-state index in [0.29, 0.717) is 31.7 Å². The standard InChI is InChI=1S/C20H33N3O6S/c1-4-18(22-20(25)29-16-9-10-28-13-16)19(24)12-23(11-14(2)3)30(26,27)17-7-5-15(21)6-8-17/h5-8,14,16,18-19,24H,4,9-13,21H2,1-3H3,(H,22,25)/t16?,18-,19+/m0/s1. The summed E-state index contributed by atoms with van der Waals surface area (Å²) in [5.41, 5.74) is 6.13. The Balaban J connectivity index is 2.09. The highest BCUT2D eigenvalue weighted by Gasteiger charge is 2.31. The van der Waals surface area contributed by atoms with Crippen LogP contribution in [0.5, 0.6) is 0 Å². The lowest BCUT2D eigenvalue weighted by Gasteiger charge is -2.30. The maximum Gasteiger partial charge on any atom is 0.407 e. The van der Waals surface area contributed by atoms with Crippen LogP contribution in [0.1, 0.15) is 33.6 Å². The van der Waals surface area contributed by atoms with Crippen molar-refractivity contribution in [3.8, 4) is 0 Å². The summed E-state index contributed by atoms with van der Waals surface area (Å²) in [6, 6.07) is 5.28. The van der Waals surface area contributed by atoms with Gasteiger partial charge in [0.25, 0.3) is 0 Å². The minimum atomic E-state index is -3.84. The van der Waals surface area contributed by atoms with Crippen LogP contribution in [0.25, 0.3) is 0 Å². The molecule has 1 heterocycles. The molecular weight excluding hydrogens is 410 g/mol. The lowest BCUT2D eigenvalue weighted by molar-refractivity contribution is 0.0637. The van der Waals surface area contributed by atoms with Gasteiger partial charge in [-0.05, 0) is 36.6 Å². The smallest absolute Gasteiger partial charge is 0.407 e. The summed E-state index contributed by atoms with van der Waals surface area (Å²) >= 11 is 0. The highest BCUT2D eigenvalue weighted by molar-refractivity contribution is 7.89. The Morgan fingerprint density at radius 2 is 2.00 bits per heavy atom. The van der Waals surface area contributed by atoms with Gasteiger partial charge in [-0.15, -0.1) is 0 Å². The minimum absolute atomic E-state index is 0.0427. The van der Waals surface area contributed by atoms with Crippen LogP contribution in [0.4, 0.5) is 10.5 Å². The number of aliphatic hydroxyl groups is 1. The fourth-order valence-corrected chi connectivity index (χ4v) is 4.84. The van der Waals surface area contributed by atoms with Gasteiger partial charge in [-0.25, -0.2) is 13.2 Å². The average Bonchev–Trinajstić information content (AvgIpc) is 3.18. The molecule has 1 aromatic carbocycles. The molecule has 0 saturated carbocycles. The van der Waals surface area contributed by atoms with E-state index in [4.69, 9.17) is 15.2 Å². The summed E-state index contributed by atoms with van der Waals surface area (Å²) in [7, 11) is -3.84. The third-order valence-electron chi connectivity index (χ3n) is 4.85. The van der Waals surface area contributed by atoms with E-state index in [2.05, 4.69) is 5.32 Å². The second-order valence-corrected chi connectivity index (χ2v) is 9.84. The number of hydrogen-bond acceptors (Lipinski definition) is 7. The van der Waals surface area contributed by atoms with Gasteiger partial charge >= 0.3 is 6.09 Å². The first kappa shape index (κ1) is 24.4. The van der Waals surface area contributed by atoms with Crippen LogP contribution in [0.15, 0.2) is 29.2 Å². The molecule has 0 aliphatic carbocycles. The van der Waals surface area contributed by atoms with Gasteiger partial charge in [-0.3, -0.25) is 0 Å². The molecular formula is C20H33N3O6S. The summed E-state index contributed by atoms with van der Waals surface area (Å²) in [4.78, 5) is 12.2. The third-order valence-corrected chi connectivity index (χ3v) is 6.69. The van der Waals surface area contributed by atoms with Crippen LogP contribution < -0.4 is 11.1 Å². The van der Waals surface area contributed by atoms with E-state index >= 15 is 0 Å². The molecule has 9 nitrogen and oxygen atoms in total. The number of benzene rings is 1. The van der Waals surface area contributed by atoms with E-state index in [1.54, 1.807) is 6.92 Å². The number of amides is 1. The largest absolute Gasteiger partial charge is 0.444 e. The van der Waals surface area contributed by atoms with Crippen LogP contribution in [0.3, 0.4) is 0 Å². The van der Waals surface area contributed by atoms with Crippen molar-refractivity contribution >= 4 is 21.8 Å². The first-order valence-corrected chi connectivity index (χ1v) is 11.7. The number of aliphatic hydroxyl groups excluding tert-OH is 1. The van der Waals surface area contributed by atoms with E-state index in [1.807, 2.05) is 13.8 Å². The number of anilines is 1. The van der Waals surface area contributed by atoms with E-state index in [9.17, 15) is 18.3 Å². The fraction of sp³-hybridized carbons (Fsp3) is 0.650. The van der Waals surface area contributed by atoms with Gasteiger partial charge < -0.3 is 25.6 Å². The third kappa shape index (κ3) is 6.83. The number of nitrogen functional groups attached to an aromatic ring is 1. The minimum Gasteiger partial charge on any atom is -0.444 e. The molecule has 0 spiro atoms. The number of ether oxygens (including phenoxy) is 2. The molecule has 1 aromatic rings. The summed E-state index contributed by atoms with van der Waals surface area (Å²) in [5.74, 6) is 0.0427. The van der Waals surface area contributed by atoms with Crippen LogP contribution in [-0.4, -0.2) is 68.5 Å². The Labute approximate surface area is 178 Å². The molecule has 0 aromatic heterocycles. The Morgan fingerprint density at radius 1 is 1.33 bits per heavy atom. The zero-order chi connectivity index (χ0) is 22.3. The molecule has 1 fully saturated rings. The highest BCUT2D eigenvalue weighted by Crippen LogP contribution is 2.20. The van der Waals surface area contributed by atoms with Crippen LogP contribution in [0, 0.1) is 5.92 Å². The first-order valence-electron chi connectivity index (χ1n) is 10.2. The zero-order valence-corrected chi connectivity index (χ0v) is 18.6. The maximum atomic E-state index is 13.1. The van der Waals surface area contributed by atoms with Gasteiger partial charge in [-0.2, -0.15) is 4.31 Å². The molecule has 1 unspecified atom stereocenters. The van der Waals surface area contributed by atoms with Crippen molar-refractivity contribution in [1.29, 1.82) is 0 Å². The van der Waals surface area contributed by atoms with Crippen molar-refractivity contribution in [1.82, 2.24) is 9.62 Å². The summed E-state index contributed by atoms with van der Waals surface area (Å²) in [6.45, 7) is 6.57. The first-order chi connectivity index (χ1) is 14.1. The number of nitrogens with one attached hydrogen (secondary N) is 1. The predicted octanol–water partition coefficient (Wildman–Crippen LogP) is 1.57. The van der Waals surface area contributed by atoms with E-state index in [1.165, 1.54) is 28.6 Å². The number of rotatable bonds is 10. The Kier molecular flexibility index (Phi) is 8.90. The molecule has 3 atom stereocenters. The van der Waals surface area contributed by atoms with Gasteiger partial charge in [0, 0.05) is 25.2 Å². The SMILES string of the molecule is CC[C@H](NC(=O)OC1CCOC1)[C@H](O)CN(CC(C)C)S(=O)(=O)c1ccc(N)cc1. The lowest BCUT2D eigenvalue weighted by Crippen LogP contribution is -2.50. The zero-order valence-electron chi connectivity index (χ0n) is 17.8. The summed E-state index contributed by atoms with van der Waals surface area (Å²) < 4.78 is 38.0. The second kappa shape index (κ2) is 10.9. The number of carbonyl (C=O) groups is 1. The van der Waals surface area contributed by atoms with Crippen molar-refractivity contribution < 1.29 is 27.8 Å². The molecule has 1 saturated heterocycles. The highest BCUT2D eigenvalue weighted by atomic mass is 32.2. The number of nitrogens with two attached hydrogens (primary N) is 1. The number of hydrogen-bond donors (Lipinski definition) is 3. The van der Waals surface area contributed by atoms with E-state index < -0.39 is 28.3 Å². The summed E-state index contributed by atoms with van der Waals surface area (Å²) in [5, 5.41) is 13.4. The number of carbonyl (C=O) groups excluding carboxylic acids is 1. The molecule has 0 radical (unpaired) electrons. The number of alkyl carbamates (subject to hydrolysis) is 1. The molecule has 30 heavy (non-hydrogen) atoms. The van der Waals surface area contributed by atoms with Crippen LogP contribution in [-0.2, 0) is 19.5 Å². The van der Waals surface area contributed by atoms with Crippen molar-refractivity contribution in [2.45, 2.75) is 56.8 Å². The van der Waals surface area contributed by atoms with Crippen molar-refractivity contribution in [3.05, 3.63) is 24.3 Å². The van der Waals surface area contributed by atoms with E-state index in [0.717, 1.165) is 0 Å². The van der Waals surface area contributed by atoms with Crippen LogP contribution in [0.2, 0.25) is 0 Å². The van der Waals surface area contributed by atoms with Gasteiger partial charge in [0.2, 0.25) is 10.0 Å². The lowest BCUT2D eigenvalue weighted by atomic mass is 10.1. The van der Waals surface area contributed by atoms with Crippen LogP contribution >= 0.6 is 0 Å². The van der Waals surface area contributed by atoms with Gasteiger partial charge in [0.05, 0.1) is 30.3 Å².